The molecule has 0 aromatic heterocycles. The van der Waals surface area contributed by atoms with E-state index in [-0.39, 0.29) is 28.3 Å². The smallest absolute Gasteiger partial charge is 0.162 e. The number of ether oxygens (including phenoxy) is 2. The molecular weight excluding hydrogens is 414 g/mol. The number of carbonyl (C=O) groups is 2. The van der Waals surface area contributed by atoms with Gasteiger partial charge in [0.25, 0.3) is 0 Å². The number of rotatable bonds is 5. The van der Waals surface area contributed by atoms with Crippen LogP contribution >= 0.6 is 0 Å². The molecule has 1 heterocycles. The Kier molecular flexibility index (Phi) is 5.96. The van der Waals surface area contributed by atoms with Gasteiger partial charge in [0.2, 0.25) is 0 Å². The summed E-state index contributed by atoms with van der Waals surface area (Å²) in [6.45, 7) is 13.6. The summed E-state index contributed by atoms with van der Waals surface area (Å²) in [5, 5.41) is 0. The van der Waals surface area contributed by atoms with Gasteiger partial charge in [0.1, 0.15) is 0 Å². The first-order chi connectivity index (χ1) is 15.5. The van der Waals surface area contributed by atoms with Crippen LogP contribution in [0.3, 0.4) is 0 Å². The quantitative estimate of drug-likeness (QED) is 0.566. The normalized spacial score (nSPS) is 22.3. The highest BCUT2D eigenvalue weighted by Crippen LogP contribution is 2.54. The molecule has 0 N–H and O–H groups in total. The Morgan fingerprint density at radius 2 is 1.30 bits per heavy atom. The molecular formula is C28H37NO4. The van der Waals surface area contributed by atoms with Crippen molar-refractivity contribution < 1.29 is 19.1 Å². The average Bonchev–Trinajstić information content (AvgIpc) is 2.70. The summed E-state index contributed by atoms with van der Waals surface area (Å²) in [6.07, 6.45) is 2.63. The number of carbonyl (C=O) groups excluding carboxylic acids is 2. The van der Waals surface area contributed by atoms with Gasteiger partial charge in [-0.15, -0.1) is 0 Å². The summed E-state index contributed by atoms with van der Waals surface area (Å²) < 4.78 is 11.7. The van der Waals surface area contributed by atoms with Crippen LogP contribution in [0.1, 0.15) is 78.7 Å². The van der Waals surface area contributed by atoms with Gasteiger partial charge in [-0.05, 0) is 55.2 Å². The number of allylic oxidation sites excluding steroid dienone is 4. The molecule has 178 valence electrons. The zero-order chi connectivity index (χ0) is 24.1. The predicted molar refractivity (Wildman–Crippen MR) is 129 cm³/mol. The van der Waals surface area contributed by atoms with Crippen LogP contribution in [0.15, 0.2) is 40.7 Å². The monoisotopic (exact) mass is 451 g/mol. The van der Waals surface area contributed by atoms with Crippen LogP contribution in [0.2, 0.25) is 0 Å². The van der Waals surface area contributed by atoms with Crippen molar-refractivity contribution in [3.63, 3.8) is 0 Å². The molecule has 0 unspecified atom stereocenters. The van der Waals surface area contributed by atoms with E-state index in [1.807, 2.05) is 39.1 Å². The summed E-state index contributed by atoms with van der Waals surface area (Å²) >= 11 is 0. The van der Waals surface area contributed by atoms with Crippen molar-refractivity contribution in [3.05, 3.63) is 46.3 Å². The van der Waals surface area contributed by atoms with E-state index in [2.05, 4.69) is 32.6 Å². The second-order valence-electron chi connectivity index (χ2n) is 11.2. The number of ketones is 2. The van der Waals surface area contributed by atoms with Gasteiger partial charge in [-0.25, -0.2) is 0 Å². The zero-order valence-corrected chi connectivity index (χ0v) is 21.1. The molecule has 0 saturated carbocycles. The van der Waals surface area contributed by atoms with Crippen LogP contribution in [-0.2, 0) is 9.59 Å². The van der Waals surface area contributed by atoms with Gasteiger partial charge in [-0.2, -0.15) is 0 Å². The fourth-order valence-electron chi connectivity index (χ4n) is 5.75. The number of hydrogen-bond acceptors (Lipinski definition) is 5. The van der Waals surface area contributed by atoms with Gasteiger partial charge in [0.15, 0.2) is 23.1 Å². The van der Waals surface area contributed by atoms with Crippen molar-refractivity contribution in [1.29, 1.82) is 0 Å². The van der Waals surface area contributed by atoms with Crippen LogP contribution in [0.4, 0.5) is 0 Å². The highest BCUT2D eigenvalue weighted by atomic mass is 16.5. The van der Waals surface area contributed by atoms with Crippen molar-refractivity contribution in [1.82, 2.24) is 4.90 Å². The molecule has 2 aliphatic carbocycles. The maximum absolute atomic E-state index is 13.6. The SMILES string of the molecule is CCOc1ccc(C2C3=C(CC(C)(C)CC3=O)N(C)C3=C2C(=O)CC(C)(C)C3)cc1OCC. The van der Waals surface area contributed by atoms with Crippen molar-refractivity contribution >= 4 is 11.6 Å². The van der Waals surface area contributed by atoms with Crippen LogP contribution in [0, 0.1) is 10.8 Å². The third-order valence-corrected chi connectivity index (χ3v) is 7.08. The Hall–Kier alpha value is -2.56. The molecule has 0 bridgehead atoms. The molecule has 4 rings (SSSR count). The molecule has 1 aromatic rings. The molecule has 1 aromatic carbocycles. The summed E-state index contributed by atoms with van der Waals surface area (Å²) in [7, 11) is 2.04. The fourth-order valence-corrected chi connectivity index (χ4v) is 5.75. The van der Waals surface area contributed by atoms with Crippen LogP contribution in [-0.4, -0.2) is 36.7 Å². The van der Waals surface area contributed by atoms with Crippen LogP contribution in [0.25, 0.3) is 0 Å². The van der Waals surface area contributed by atoms with Crippen molar-refractivity contribution in [2.24, 2.45) is 10.8 Å². The zero-order valence-electron chi connectivity index (χ0n) is 21.1. The second-order valence-corrected chi connectivity index (χ2v) is 11.2. The van der Waals surface area contributed by atoms with E-state index in [0.29, 0.717) is 37.6 Å². The maximum atomic E-state index is 13.6. The molecule has 33 heavy (non-hydrogen) atoms. The van der Waals surface area contributed by atoms with Crippen LogP contribution < -0.4 is 9.47 Å². The topological polar surface area (TPSA) is 55.8 Å². The first-order valence-corrected chi connectivity index (χ1v) is 12.1. The second kappa shape index (κ2) is 8.34. The highest BCUT2D eigenvalue weighted by Gasteiger charge is 2.48. The molecule has 3 aliphatic rings. The predicted octanol–water partition coefficient (Wildman–Crippen LogP) is 5.80. The lowest BCUT2D eigenvalue weighted by Gasteiger charge is -2.47. The van der Waals surface area contributed by atoms with E-state index < -0.39 is 0 Å². The van der Waals surface area contributed by atoms with Crippen molar-refractivity contribution in [2.75, 3.05) is 20.3 Å². The Labute approximate surface area is 197 Å². The third kappa shape index (κ3) is 4.22. The Bertz CT molecular complexity index is 1010. The Morgan fingerprint density at radius 3 is 1.79 bits per heavy atom. The van der Waals surface area contributed by atoms with E-state index in [4.69, 9.17) is 9.47 Å². The van der Waals surface area contributed by atoms with E-state index >= 15 is 0 Å². The van der Waals surface area contributed by atoms with Gasteiger partial charge in [-0.3, -0.25) is 9.59 Å². The highest BCUT2D eigenvalue weighted by molar-refractivity contribution is 6.06. The first-order valence-electron chi connectivity index (χ1n) is 12.1. The minimum atomic E-state index is -0.353. The average molecular weight is 452 g/mol. The number of Topliss-reactive ketones (excluding diaryl/α,β-unsaturated/α-hetero) is 2. The third-order valence-electron chi connectivity index (χ3n) is 7.08. The summed E-state index contributed by atoms with van der Waals surface area (Å²) in [6, 6.07) is 5.88. The lowest BCUT2D eigenvalue weighted by molar-refractivity contribution is -0.119. The van der Waals surface area contributed by atoms with Gasteiger partial charge >= 0.3 is 0 Å². The fraction of sp³-hybridized carbons (Fsp3) is 0.571. The number of benzene rings is 1. The molecule has 5 heteroatoms. The molecule has 0 amide bonds. The summed E-state index contributed by atoms with van der Waals surface area (Å²) in [5.74, 6) is 1.29. The van der Waals surface area contributed by atoms with E-state index in [1.54, 1.807) is 0 Å². The standard InChI is InChI=1S/C28H37NO4/c1-8-32-22-11-10-17(12-23(22)33-9-2)24-25-18(13-27(3,4)15-20(25)30)29(7)19-14-28(5,6)16-21(31)26(19)24/h10-12,24H,8-9,13-16H2,1-7H3. The first kappa shape index (κ1) is 23.6. The van der Waals surface area contributed by atoms with E-state index in [9.17, 15) is 9.59 Å². The van der Waals surface area contributed by atoms with E-state index in [1.165, 1.54) is 0 Å². The maximum Gasteiger partial charge on any atom is 0.162 e. The largest absolute Gasteiger partial charge is 0.490 e. The molecule has 0 atom stereocenters. The Morgan fingerprint density at radius 1 is 0.818 bits per heavy atom. The molecule has 0 fully saturated rings. The summed E-state index contributed by atoms with van der Waals surface area (Å²) in [4.78, 5) is 29.3. The molecule has 0 spiro atoms. The lowest BCUT2D eigenvalue weighted by atomic mass is 9.64. The minimum absolute atomic E-state index is 0.101. The summed E-state index contributed by atoms with van der Waals surface area (Å²) in [5.41, 5.74) is 4.43. The minimum Gasteiger partial charge on any atom is -0.490 e. The number of hydrogen-bond donors (Lipinski definition) is 0. The van der Waals surface area contributed by atoms with E-state index in [0.717, 1.165) is 40.9 Å². The lowest BCUT2D eigenvalue weighted by Crippen LogP contribution is -2.43. The molecule has 0 saturated heterocycles. The van der Waals surface area contributed by atoms with Crippen molar-refractivity contribution in [3.8, 4) is 11.5 Å². The van der Waals surface area contributed by atoms with Crippen molar-refractivity contribution in [2.45, 2.75) is 73.1 Å². The van der Waals surface area contributed by atoms with Gasteiger partial charge in [-0.1, -0.05) is 33.8 Å². The number of nitrogens with zero attached hydrogens (tertiary/aromatic N) is 1. The van der Waals surface area contributed by atoms with Crippen LogP contribution in [0.5, 0.6) is 11.5 Å². The van der Waals surface area contributed by atoms with Gasteiger partial charge in [0, 0.05) is 48.3 Å². The van der Waals surface area contributed by atoms with Gasteiger partial charge < -0.3 is 14.4 Å². The molecule has 5 nitrogen and oxygen atoms in total. The molecule has 0 radical (unpaired) electrons. The molecule has 1 aliphatic heterocycles. The Balaban J connectivity index is 1.94. The van der Waals surface area contributed by atoms with Gasteiger partial charge in [0.05, 0.1) is 13.2 Å².